The van der Waals surface area contributed by atoms with Gasteiger partial charge in [-0.15, -0.1) is 0 Å². The molecule has 0 spiro atoms. The number of fused-ring (bicyclic) bond motifs is 3. The van der Waals surface area contributed by atoms with Crippen molar-refractivity contribution in [3.63, 3.8) is 0 Å². The van der Waals surface area contributed by atoms with Gasteiger partial charge in [-0.25, -0.2) is 0 Å². The number of rotatable bonds is 8. The van der Waals surface area contributed by atoms with Gasteiger partial charge in [0.05, 0.1) is 25.7 Å². The molecular weight excluding hydrogens is 566 g/mol. The second kappa shape index (κ2) is 11.3. The lowest BCUT2D eigenvalue weighted by Gasteiger charge is -2.71. The molecule has 5 rings (SSSR count). The van der Waals surface area contributed by atoms with Crippen molar-refractivity contribution in [2.24, 2.45) is 68.3 Å². The lowest BCUT2D eigenvalue weighted by Crippen LogP contribution is -2.70. The van der Waals surface area contributed by atoms with Gasteiger partial charge in [0.1, 0.15) is 12.2 Å². The number of ether oxygens (including phenoxy) is 3. The van der Waals surface area contributed by atoms with E-state index in [9.17, 15) is 14.7 Å². The van der Waals surface area contributed by atoms with Crippen molar-refractivity contribution in [2.75, 3.05) is 19.8 Å². The Hall–Kier alpha value is -1.44. The van der Waals surface area contributed by atoms with Crippen LogP contribution in [0.25, 0.3) is 0 Å². The fraction of sp³-hybridized carbons (Fsp3) is 0.895. The zero-order chi connectivity index (χ0) is 33.5. The van der Waals surface area contributed by atoms with Gasteiger partial charge in [-0.1, -0.05) is 74.0 Å². The molecule has 0 amide bonds. The van der Waals surface area contributed by atoms with Crippen LogP contribution in [-0.2, 0) is 23.8 Å². The van der Waals surface area contributed by atoms with Crippen LogP contribution in [0.5, 0.6) is 0 Å². The summed E-state index contributed by atoms with van der Waals surface area (Å²) in [6, 6.07) is 0. The van der Waals surface area contributed by atoms with Gasteiger partial charge in [-0.3, -0.25) is 9.59 Å². The molecule has 4 aliphatic carbocycles. The van der Waals surface area contributed by atoms with Crippen molar-refractivity contribution in [1.29, 1.82) is 0 Å². The van der Waals surface area contributed by atoms with Gasteiger partial charge in [0.25, 0.3) is 0 Å². The second-order valence-electron chi connectivity index (χ2n) is 18.1. The van der Waals surface area contributed by atoms with Gasteiger partial charge in [-0.2, -0.15) is 0 Å². The molecule has 0 aromatic carbocycles. The predicted molar refractivity (Wildman–Crippen MR) is 176 cm³/mol. The van der Waals surface area contributed by atoms with Crippen molar-refractivity contribution >= 4 is 11.9 Å². The maximum Gasteiger partial charge on any atom is 0.307 e. The van der Waals surface area contributed by atoms with Crippen LogP contribution in [0, 0.1) is 62.6 Å². The lowest BCUT2D eigenvalue weighted by atomic mass is 9.34. The Balaban J connectivity index is 1.58. The number of nitrogens with two attached hydrogens (primary N) is 1. The SMILES string of the molecule is CC(=O)O[C@@H]1C[C@@]23COC[C@](C)([C@@H]2CC[C@H]2C3=CC[C@@]3(C)[C@H](C(=O)O)[C@@](C)([C@H](C)C(C)C)CC[C@]23C)[C@H]1OC[C@@](C)(N)C(C)C. The molecule has 3 saturated carbocycles. The Morgan fingerprint density at radius 1 is 1.07 bits per heavy atom. The second-order valence-corrected chi connectivity index (χ2v) is 18.1. The van der Waals surface area contributed by atoms with E-state index < -0.39 is 23.5 Å². The molecule has 2 bridgehead atoms. The maximum absolute atomic E-state index is 13.3. The first-order chi connectivity index (χ1) is 20.7. The number of carboxylic acids is 1. The Morgan fingerprint density at radius 2 is 1.73 bits per heavy atom. The molecule has 0 radical (unpaired) electrons. The third kappa shape index (κ3) is 4.98. The summed E-state index contributed by atoms with van der Waals surface area (Å²) in [5, 5.41) is 11.0. The molecule has 7 nitrogen and oxygen atoms in total. The number of hydrogen-bond acceptors (Lipinski definition) is 6. The highest BCUT2D eigenvalue weighted by molar-refractivity contribution is 5.73. The van der Waals surface area contributed by atoms with Gasteiger partial charge in [0.15, 0.2) is 0 Å². The normalized spacial score (nSPS) is 46.3. The van der Waals surface area contributed by atoms with E-state index in [1.807, 2.05) is 6.92 Å². The van der Waals surface area contributed by atoms with Crippen LogP contribution in [0.4, 0.5) is 0 Å². The van der Waals surface area contributed by atoms with Crippen molar-refractivity contribution in [3.05, 3.63) is 11.6 Å². The van der Waals surface area contributed by atoms with E-state index in [0.717, 1.165) is 32.1 Å². The fourth-order valence-corrected chi connectivity index (χ4v) is 11.6. The number of allylic oxidation sites excluding steroid dienone is 1. The van der Waals surface area contributed by atoms with Crippen LogP contribution in [0.15, 0.2) is 11.6 Å². The summed E-state index contributed by atoms with van der Waals surface area (Å²) in [6.45, 7) is 25.3. The quantitative estimate of drug-likeness (QED) is 0.215. The highest BCUT2D eigenvalue weighted by Gasteiger charge is 2.72. The average molecular weight is 630 g/mol. The molecule has 12 atom stereocenters. The largest absolute Gasteiger partial charge is 0.481 e. The molecule has 1 heterocycles. The third-order valence-corrected chi connectivity index (χ3v) is 15.3. The third-order valence-electron chi connectivity index (χ3n) is 15.3. The van der Waals surface area contributed by atoms with E-state index >= 15 is 0 Å². The van der Waals surface area contributed by atoms with E-state index in [-0.39, 0.29) is 51.0 Å². The summed E-state index contributed by atoms with van der Waals surface area (Å²) >= 11 is 0. The van der Waals surface area contributed by atoms with Crippen LogP contribution >= 0.6 is 0 Å². The summed E-state index contributed by atoms with van der Waals surface area (Å²) < 4.78 is 19.5. The molecule has 1 aliphatic heterocycles. The Bertz CT molecular complexity index is 1210. The van der Waals surface area contributed by atoms with Gasteiger partial charge >= 0.3 is 11.9 Å². The Morgan fingerprint density at radius 3 is 2.31 bits per heavy atom. The minimum Gasteiger partial charge on any atom is -0.481 e. The predicted octanol–water partition coefficient (Wildman–Crippen LogP) is 7.27. The average Bonchev–Trinajstić information content (AvgIpc) is 2.92. The van der Waals surface area contributed by atoms with E-state index in [2.05, 4.69) is 68.4 Å². The molecule has 5 aliphatic rings. The molecule has 0 unspecified atom stereocenters. The van der Waals surface area contributed by atoms with Gasteiger partial charge in [-0.05, 0) is 91.3 Å². The van der Waals surface area contributed by atoms with Gasteiger partial charge in [0.2, 0.25) is 0 Å². The molecule has 45 heavy (non-hydrogen) atoms. The molecule has 256 valence electrons. The van der Waals surface area contributed by atoms with Crippen LogP contribution in [0.1, 0.15) is 115 Å². The summed E-state index contributed by atoms with van der Waals surface area (Å²) in [6.07, 6.45) is 7.15. The van der Waals surface area contributed by atoms with Crippen molar-refractivity contribution in [3.8, 4) is 0 Å². The minimum atomic E-state index is -0.642. The number of aliphatic carboxylic acids is 1. The number of carbonyl (C=O) groups excluding carboxylic acids is 1. The highest BCUT2D eigenvalue weighted by atomic mass is 16.6. The molecule has 0 aromatic heterocycles. The van der Waals surface area contributed by atoms with Crippen LogP contribution < -0.4 is 5.73 Å². The Kier molecular flexibility index (Phi) is 8.78. The molecule has 1 saturated heterocycles. The first-order valence-electron chi connectivity index (χ1n) is 17.8. The number of hydrogen-bond donors (Lipinski definition) is 2. The van der Waals surface area contributed by atoms with Crippen molar-refractivity contribution < 1.29 is 28.9 Å². The zero-order valence-corrected chi connectivity index (χ0v) is 30.1. The van der Waals surface area contributed by atoms with Gasteiger partial charge in [0, 0.05) is 23.3 Å². The Labute approximate surface area is 272 Å². The molecule has 0 aromatic rings. The number of esters is 1. The number of carbonyl (C=O) groups is 2. The van der Waals surface area contributed by atoms with Crippen LogP contribution in [0.3, 0.4) is 0 Å². The summed E-state index contributed by atoms with van der Waals surface area (Å²) in [7, 11) is 0. The smallest absolute Gasteiger partial charge is 0.307 e. The zero-order valence-electron chi connectivity index (χ0n) is 30.1. The van der Waals surface area contributed by atoms with E-state index in [1.165, 1.54) is 12.5 Å². The first kappa shape index (κ1) is 34.9. The monoisotopic (exact) mass is 629 g/mol. The molecule has 7 heteroatoms. The van der Waals surface area contributed by atoms with E-state index in [4.69, 9.17) is 19.9 Å². The standard InChI is InChI=1S/C38H63NO6/c1-22(2)24(5)33(7)16-17-35(9)26-12-13-29-34(8)19-43-21-38(29,27(26)14-15-36(35,10)30(33)32(41)42)18-28(45-25(6)40)31(34)44-20-37(11,39)23(3)4/h14,22-24,26,28-31H,12-13,15-21,39H2,1-11H3,(H,41,42)/t24-,26+,28-,29+,30-,31+,33-,34-,35-,36+,37-,38+/m1/s1. The van der Waals surface area contributed by atoms with Crippen molar-refractivity contribution in [2.45, 2.75) is 132 Å². The maximum atomic E-state index is 13.3. The van der Waals surface area contributed by atoms with Crippen LogP contribution in [-0.4, -0.2) is 54.6 Å². The molecule has 4 fully saturated rings. The summed E-state index contributed by atoms with van der Waals surface area (Å²) in [4.78, 5) is 25.9. The number of carboxylic acid groups (broad SMARTS) is 1. The van der Waals surface area contributed by atoms with Crippen LogP contribution in [0.2, 0.25) is 0 Å². The summed E-state index contributed by atoms with van der Waals surface area (Å²) in [5.74, 6) is 0.184. The summed E-state index contributed by atoms with van der Waals surface area (Å²) in [5.41, 5.74) is 6.19. The lowest BCUT2D eigenvalue weighted by molar-refractivity contribution is -0.269. The highest BCUT2D eigenvalue weighted by Crippen LogP contribution is 2.75. The van der Waals surface area contributed by atoms with Gasteiger partial charge < -0.3 is 25.1 Å². The minimum absolute atomic E-state index is 0.160. The fourth-order valence-electron chi connectivity index (χ4n) is 11.6. The van der Waals surface area contributed by atoms with Crippen molar-refractivity contribution in [1.82, 2.24) is 0 Å². The molecular formula is C38H63NO6. The van der Waals surface area contributed by atoms with E-state index in [0.29, 0.717) is 44.0 Å². The molecule has 3 N–H and O–H groups in total. The topological polar surface area (TPSA) is 108 Å². The first-order valence-corrected chi connectivity index (χ1v) is 17.8. The van der Waals surface area contributed by atoms with E-state index in [1.54, 1.807) is 0 Å².